The summed E-state index contributed by atoms with van der Waals surface area (Å²) >= 11 is 0. The van der Waals surface area contributed by atoms with Gasteiger partial charge in [-0.1, -0.05) is 30.3 Å². The van der Waals surface area contributed by atoms with E-state index in [9.17, 15) is 14.4 Å². The first kappa shape index (κ1) is 25.0. The molecule has 0 saturated carbocycles. The Bertz CT molecular complexity index is 1270. The van der Waals surface area contributed by atoms with E-state index in [1.54, 1.807) is 29.2 Å². The fraction of sp³-hybridized carbons (Fsp3) is 0.276. The van der Waals surface area contributed by atoms with E-state index in [4.69, 9.17) is 4.74 Å². The Morgan fingerprint density at radius 2 is 1.75 bits per heavy atom. The highest BCUT2D eigenvalue weighted by molar-refractivity contribution is 6.07. The van der Waals surface area contributed by atoms with Crippen molar-refractivity contribution in [1.82, 2.24) is 5.32 Å². The second-order valence-electron chi connectivity index (χ2n) is 8.97. The fourth-order valence-corrected chi connectivity index (χ4v) is 4.20. The Morgan fingerprint density at radius 3 is 2.47 bits per heavy atom. The average Bonchev–Trinajstić information content (AvgIpc) is 3.27. The predicted octanol–water partition coefficient (Wildman–Crippen LogP) is 4.62. The van der Waals surface area contributed by atoms with Crippen molar-refractivity contribution < 1.29 is 19.1 Å². The molecule has 186 valence electrons. The van der Waals surface area contributed by atoms with Gasteiger partial charge in [0.05, 0.1) is 23.8 Å². The van der Waals surface area contributed by atoms with Gasteiger partial charge in [-0.3, -0.25) is 14.4 Å². The van der Waals surface area contributed by atoms with Gasteiger partial charge in [0, 0.05) is 25.2 Å². The van der Waals surface area contributed by atoms with Gasteiger partial charge in [-0.15, -0.1) is 0 Å². The zero-order chi connectivity index (χ0) is 25.7. The fourth-order valence-electron chi connectivity index (χ4n) is 4.20. The van der Waals surface area contributed by atoms with Crippen LogP contribution >= 0.6 is 0 Å². The van der Waals surface area contributed by atoms with Crippen LogP contribution in [0.4, 0.5) is 11.4 Å². The molecule has 4 rings (SSSR count). The molecule has 1 aliphatic heterocycles. The maximum atomic E-state index is 13.1. The lowest BCUT2D eigenvalue weighted by Crippen LogP contribution is -2.29. The number of ether oxygens (including phenoxy) is 1. The third kappa shape index (κ3) is 5.74. The van der Waals surface area contributed by atoms with Crippen molar-refractivity contribution in [2.45, 2.75) is 33.7 Å². The van der Waals surface area contributed by atoms with E-state index in [-0.39, 0.29) is 24.1 Å². The van der Waals surface area contributed by atoms with Crippen LogP contribution < -0.4 is 20.3 Å². The average molecular weight is 486 g/mol. The molecule has 1 atom stereocenters. The van der Waals surface area contributed by atoms with Crippen molar-refractivity contribution in [1.29, 1.82) is 0 Å². The number of carbonyl (C=O) groups excluding carboxylic acids is 3. The topological polar surface area (TPSA) is 87.7 Å². The van der Waals surface area contributed by atoms with Crippen LogP contribution in [-0.2, 0) is 16.1 Å². The van der Waals surface area contributed by atoms with Crippen molar-refractivity contribution in [3.8, 4) is 5.75 Å². The Hall–Kier alpha value is -4.13. The molecule has 2 N–H and O–H groups in total. The molecule has 7 heteroatoms. The maximum Gasteiger partial charge on any atom is 0.253 e. The van der Waals surface area contributed by atoms with E-state index in [0.717, 1.165) is 28.1 Å². The van der Waals surface area contributed by atoms with Gasteiger partial charge in [0.1, 0.15) is 5.75 Å². The van der Waals surface area contributed by atoms with Crippen molar-refractivity contribution in [2.24, 2.45) is 5.92 Å². The molecule has 0 unspecified atom stereocenters. The molecule has 0 radical (unpaired) electrons. The monoisotopic (exact) mass is 485 g/mol. The van der Waals surface area contributed by atoms with Crippen molar-refractivity contribution >= 4 is 29.1 Å². The van der Waals surface area contributed by atoms with Crippen LogP contribution in [0.1, 0.15) is 40.4 Å². The summed E-state index contributed by atoms with van der Waals surface area (Å²) in [6.45, 7) is 7.19. The Labute approximate surface area is 211 Å². The molecular weight excluding hydrogens is 454 g/mol. The highest BCUT2D eigenvalue weighted by Gasteiger charge is 2.35. The van der Waals surface area contributed by atoms with Gasteiger partial charge in [0.2, 0.25) is 11.8 Å². The third-order valence-corrected chi connectivity index (χ3v) is 6.41. The van der Waals surface area contributed by atoms with Crippen LogP contribution in [0.15, 0.2) is 66.7 Å². The first-order valence-corrected chi connectivity index (χ1v) is 12.1. The molecule has 3 aromatic rings. The van der Waals surface area contributed by atoms with Gasteiger partial charge in [-0.2, -0.15) is 0 Å². The molecule has 1 heterocycles. The summed E-state index contributed by atoms with van der Waals surface area (Å²) in [6, 6.07) is 20.3. The van der Waals surface area contributed by atoms with Gasteiger partial charge in [0.15, 0.2) is 0 Å². The van der Waals surface area contributed by atoms with Gasteiger partial charge in [-0.05, 0) is 73.9 Å². The molecule has 0 bridgehead atoms. The number of hydrogen-bond acceptors (Lipinski definition) is 4. The summed E-state index contributed by atoms with van der Waals surface area (Å²) in [4.78, 5) is 40.3. The molecule has 3 aromatic carbocycles. The number of aryl methyl sites for hydroxylation is 2. The summed E-state index contributed by atoms with van der Waals surface area (Å²) in [6.07, 6.45) is 0.130. The number of amides is 3. The van der Waals surface area contributed by atoms with Crippen molar-refractivity contribution in [3.63, 3.8) is 0 Å². The van der Waals surface area contributed by atoms with Crippen LogP contribution in [-0.4, -0.2) is 30.9 Å². The van der Waals surface area contributed by atoms with E-state index in [1.165, 1.54) is 0 Å². The Kier molecular flexibility index (Phi) is 7.68. The van der Waals surface area contributed by atoms with Crippen LogP contribution in [0.25, 0.3) is 0 Å². The number of carbonyl (C=O) groups is 3. The van der Waals surface area contributed by atoms with Crippen LogP contribution in [0.2, 0.25) is 0 Å². The van der Waals surface area contributed by atoms with Crippen molar-refractivity contribution in [2.75, 3.05) is 23.4 Å². The van der Waals surface area contributed by atoms with Gasteiger partial charge < -0.3 is 20.3 Å². The third-order valence-electron chi connectivity index (χ3n) is 6.41. The van der Waals surface area contributed by atoms with Gasteiger partial charge in [0.25, 0.3) is 5.91 Å². The lowest BCUT2D eigenvalue weighted by molar-refractivity contribution is -0.122. The Morgan fingerprint density at radius 1 is 1.00 bits per heavy atom. The van der Waals surface area contributed by atoms with Crippen molar-refractivity contribution in [3.05, 3.63) is 89.0 Å². The quantitative estimate of drug-likeness (QED) is 0.487. The van der Waals surface area contributed by atoms with E-state index >= 15 is 0 Å². The zero-order valence-corrected chi connectivity index (χ0v) is 20.8. The second kappa shape index (κ2) is 11.1. The molecule has 7 nitrogen and oxygen atoms in total. The molecular formula is C29H31N3O4. The molecule has 0 aliphatic carbocycles. The van der Waals surface area contributed by atoms with Crippen LogP contribution in [0.5, 0.6) is 5.75 Å². The van der Waals surface area contributed by atoms with E-state index < -0.39 is 5.92 Å². The predicted molar refractivity (Wildman–Crippen MR) is 140 cm³/mol. The lowest BCUT2D eigenvalue weighted by Gasteiger charge is -2.18. The summed E-state index contributed by atoms with van der Waals surface area (Å²) in [5.74, 6) is -0.374. The number of hydrogen-bond donors (Lipinski definition) is 2. The second-order valence-corrected chi connectivity index (χ2v) is 8.97. The first-order valence-electron chi connectivity index (χ1n) is 12.1. The SMILES string of the molecule is CCOc1ccc(CNC(=O)c2ccccc2NC(=O)[C@H]2CC(=O)N(c3ccc(C)c(C)c3)C2)cc1. The molecule has 36 heavy (non-hydrogen) atoms. The van der Waals surface area contributed by atoms with E-state index in [1.807, 2.05) is 63.2 Å². The highest BCUT2D eigenvalue weighted by atomic mass is 16.5. The number of anilines is 2. The molecule has 1 aliphatic rings. The van der Waals surface area contributed by atoms with Gasteiger partial charge >= 0.3 is 0 Å². The minimum Gasteiger partial charge on any atom is -0.494 e. The largest absolute Gasteiger partial charge is 0.494 e. The zero-order valence-electron chi connectivity index (χ0n) is 20.8. The summed E-state index contributed by atoms with van der Waals surface area (Å²) < 4.78 is 5.45. The standard InChI is InChI=1S/C29H31N3O4/c1-4-36-24-13-10-21(11-14-24)17-30-29(35)25-7-5-6-8-26(25)31-28(34)22-16-27(33)32(18-22)23-12-9-19(2)20(3)15-23/h5-15,22H,4,16-18H2,1-3H3,(H,30,35)(H,31,34)/t22-/m0/s1. The van der Waals surface area contributed by atoms with E-state index in [0.29, 0.717) is 30.9 Å². The molecule has 0 spiro atoms. The van der Waals surface area contributed by atoms with Crippen LogP contribution in [0.3, 0.4) is 0 Å². The molecule has 3 amide bonds. The number of para-hydroxylation sites is 1. The van der Waals surface area contributed by atoms with Gasteiger partial charge in [-0.25, -0.2) is 0 Å². The number of rotatable bonds is 8. The first-order chi connectivity index (χ1) is 17.4. The van der Waals surface area contributed by atoms with E-state index in [2.05, 4.69) is 10.6 Å². The molecule has 0 aromatic heterocycles. The normalized spacial score (nSPS) is 15.0. The molecule has 1 saturated heterocycles. The molecule has 1 fully saturated rings. The Balaban J connectivity index is 1.39. The smallest absolute Gasteiger partial charge is 0.253 e. The van der Waals surface area contributed by atoms with Crippen LogP contribution in [0, 0.1) is 19.8 Å². The summed E-state index contributed by atoms with van der Waals surface area (Å²) in [5, 5.41) is 5.77. The minimum absolute atomic E-state index is 0.0835. The maximum absolute atomic E-state index is 13.1. The summed E-state index contributed by atoms with van der Waals surface area (Å²) in [7, 11) is 0. The highest BCUT2D eigenvalue weighted by Crippen LogP contribution is 2.28. The minimum atomic E-state index is -0.501. The lowest BCUT2D eigenvalue weighted by atomic mass is 10.1. The summed E-state index contributed by atoms with van der Waals surface area (Å²) in [5.41, 5.74) is 4.77. The number of nitrogens with one attached hydrogen (secondary N) is 2. The number of benzene rings is 3. The number of nitrogens with zero attached hydrogens (tertiary/aromatic N) is 1.